The standard InChI is InChI=1S/C34H40F2N8O5/c1-21-15-27(48-28-8-10-44(20-34(28,35)36)32(46)49-33(2,3)4)22(17-37)16-24(21)25-7-9-38-31(39-25)41-29-6-5-26(30(45)40-29)43-13-11-42(12-14-43)23-18-47-19-23/h5-7,9,15-16,23,28H,8,10-14,18-20H2,1-4H3,(H2,38,39,40,41,45). The fourth-order valence-corrected chi connectivity index (χ4v) is 6.08. The lowest BCUT2D eigenvalue weighted by Crippen LogP contribution is -2.57. The first-order valence-electron chi connectivity index (χ1n) is 16.3. The van der Waals surface area contributed by atoms with Crippen LogP contribution in [0, 0.1) is 18.3 Å². The fourth-order valence-electron chi connectivity index (χ4n) is 6.08. The van der Waals surface area contributed by atoms with Crippen LogP contribution in [0.25, 0.3) is 11.3 Å². The maximum Gasteiger partial charge on any atom is 0.410 e. The molecule has 0 spiro atoms. The minimum Gasteiger partial charge on any atom is -0.483 e. The number of nitrogens with one attached hydrogen (secondary N) is 2. The summed E-state index contributed by atoms with van der Waals surface area (Å²) in [6, 6.07) is 10.8. The fraction of sp³-hybridized carbons (Fsp3) is 0.500. The van der Waals surface area contributed by atoms with Crippen LogP contribution >= 0.6 is 0 Å². The summed E-state index contributed by atoms with van der Waals surface area (Å²) >= 11 is 0. The molecule has 0 bridgehead atoms. The molecule has 13 nitrogen and oxygen atoms in total. The Morgan fingerprint density at radius 1 is 1.14 bits per heavy atom. The maximum absolute atomic E-state index is 15.2. The number of pyridine rings is 1. The molecule has 3 aliphatic rings. The molecule has 1 atom stereocenters. The summed E-state index contributed by atoms with van der Waals surface area (Å²) in [6.07, 6.45) is -0.956. The number of benzene rings is 1. The van der Waals surface area contributed by atoms with Crippen molar-refractivity contribution in [3.63, 3.8) is 0 Å². The Balaban J connectivity index is 1.12. The van der Waals surface area contributed by atoms with Gasteiger partial charge in [-0.15, -0.1) is 0 Å². The zero-order valence-corrected chi connectivity index (χ0v) is 28.0. The second-order valence-electron chi connectivity index (χ2n) is 13.5. The van der Waals surface area contributed by atoms with Crippen LogP contribution in [0.3, 0.4) is 0 Å². The number of piperidine rings is 1. The molecule has 3 aromatic rings. The molecule has 3 fully saturated rings. The topological polar surface area (TPSA) is 149 Å². The van der Waals surface area contributed by atoms with E-state index in [2.05, 4.69) is 30.1 Å². The smallest absolute Gasteiger partial charge is 0.410 e. The van der Waals surface area contributed by atoms with Gasteiger partial charge in [0, 0.05) is 50.9 Å². The number of likely N-dealkylation sites (tertiary alicyclic amines) is 1. The molecule has 2 N–H and O–H groups in total. The van der Waals surface area contributed by atoms with Crippen molar-refractivity contribution < 1.29 is 27.8 Å². The third kappa shape index (κ3) is 7.76. The molecule has 1 amide bonds. The molecule has 1 aromatic carbocycles. The monoisotopic (exact) mass is 678 g/mol. The first-order valence-corrected chi connectivity index (χ1v) is 16.3. The number of amides is 1. The van der Waals surface area contributed by atoms with Crippen molar-refractivity contribution in [1.29, 1.82) is 5.26 Å². The summed E-state index contributed by atoms with van der Waals surface area (Å²) in [5, 5.41) is 13.0. The van der Waals surface area contributed by atoms with E-state index in [1.54, 1.807) is 58.2 Å². The number of aromatic nitrogens is 3. The summed E-state index contributed by atoms with van der Waals surface area (Å²) < 4.78 is 46.7. The van der Waals surface area contributed by atoms with Gasteiger partial charge >= 0.3 is 12.0 Å². The Morgan fingerprint density at radius 2 is 1.90 bits per heavy atom. The van der Waals surface area contributed by atoms with E-state index in [0.29, 0.717) is 34.4 Å². The van der Waals surface area contributed by atoms with Crippen molar-refractivity contribution >= 4 is 23.5 Å². The first kappa shape index (κ1) is 34.1. The zero-order chi connectivity index (χ0) is 34.9. The van der Waals surface area contributed by atoms with Gasteiger partial charge in [-0.25, -0.2) is 23.5 Å². The number of H-pyrrole nitrogens is 1. The second-order valence-corrected chi connectivity index (χ2v) is 13.5. The van der Waals surface area contributed by atoms with E-state index >= 15 is 8.78 Å². The van der Waals surface area contributed by atoms with Crippen molar-refractivity contribution in [2.45, 2.75) is 57.8 Å². The zero-order valence-electron chi connectivity index (χ0n) is 28.0. The summed E-state index contributed by atoms with van der Waals surface area (Å²) in [5.41, 5.74) is 1.30. The number of hydrogen-bond acceptors (Lipinski definition) is 11. The number of hydrogen-bond donors (Lipinski definition) is 2. The summed E-state index contributed by atoms with van der Waals surface area (Å²) in [4.78, 5) is 42.6. The Kier molecular flexibility index (Phi) is 9.45. The van der Waals surface area contributed by atoms with Crippen LogP contribution < -0.4 is 20.5 Å². The average molecular weight is 679 g/mol. The normalized spacial score (nSPS) is 19.9. The van der Waals surface area contributed by atoms with Crippen LogP contribution in [-0.4, -0.2) is 107 Å². The average Bonchev–Trinajstić information content (AvgIpc) is 3.01. The number of nitrogens with zero attached hydrogens (tertiary/aromatic N) is 6. The minimum atomic E-state index is -3.37. The van der Waals surface area contributed by atoms with Crippen molar-refractivity contribution in [1.82, 2.24) is 24.8 Å². The number of rotatable bonds is 7. The Hall–Kier alpha value is -4.81. The highest BCUT2D eigenvalue weighted by Crippen LogP contribution is 2.36. The maximum atomic E-state index is 15.2. The molecule has 0 aliphatic carbocycles. The third-order valence-electron chi connectivity index (χ3n) is 8.76. The summed E-state index contributed by atoms with van der Waals surface area (Å²) in [5.74, 6) is -2.73. The predicted molar refractivity (Wildman–Crippen MR) is 177 cm³/mol. The van der Waals surface area contributed by atoms with Crippen LogP contribution in [0.15, 0.2) is 41.3 Å². The summed E-state index contributed by atoms with van der Waals surface area (Å²) in [6.45, 7) is 10.7. The molecule has 6 rings (SSSR count). The summed E-state index contributed by atoms with van der Waals surface area (Å²) in [7, 11) is 0. The highest BCUT2D eigenvalue weighted by atomic mass is 19.3. The van der Waals surface area contributed by atoms with Gasteiger partial charge in [-0.2, -0.15) is 5.26 Å². The first-order chi connectivity index (χ1) is 23.3. The molecule has 0 saturated carbocycles. The number of aryl methyl sites for hydroxylation is 1. The second kappa shape index (κ2) is 13.6. The molecule has 2 aromatic heterocycles. The van der Waals surface area contributed by atoms with Crippen LogP contribution in [0.2, 0.25) is 0 Å². The molecular weight excluding hydrogens is 638 g/mol. The molecular formula is C34H40F2N8O5. The lowest BCUT2D eigenvalue weighted by molar-refractivity contribution is -0.137. The largest absolute Gasteiger partial charge is 0.483 e. The van der Waals surface area contributed by atoms with E-state index in [9.17, 15) is 14.9 Å². The number of anilines is 3. The van der Waals surface area contributed by atoms with Crippen molar-refractivity contribution in [2.75, 3.05) is 62.7 Å². The minimum absolute atomic E-state index is 0.0164. The molecule has 3 aliphatic heterocycles. The lowest BCUT2D eigenvalue weighted by Gasteiger charge is -2.43. The number of alkyl halides is 2. The molecule has 3 saturated heterocycles. The third-order valence-corrected chi connectivity index (χ3v) is 8.76. The van der Waals surface area contributed by atoms with Gasteiger partial charge in [0.25, 0.3) is 5.56 Å². The van der Waals surface area contributed by atoms with E-state index in [0.717, 1.165) is 44.3 Å². The molecule has 1 unspecified atom stereocenters. The number of carbonyl (C=O) groups excluding carboxylic acids is 1. The van der Waals surface area contributed by atoms with Gasteiger partial charge in [-0.1, -0.05) is 0 Å². The molecule has 15 heteroatoms. The van der Waals surface area contributed by atoms with Gasteiger partial charge in [0.2, 0.25) is 5.95 Å². The molecule has 260 valence electrons. The lowest BCUT2D eigenvalue weighted by atomic mass is 10.0. The van der Waals surface area contributed by atoms with Gasteiger partial charge in [-0.3, -0.25) is 9.69 Å². The van der Waals surface area contributed by atoms with Crippen LogP contribution in [0.1, 0.15) is 38.3 Å². The van der Waals surface area contributed by atoms with Crippen LogP contribution in [0.4, 0.5) is 31.0 Å². The van der Waals surface area contributed by atoms with Crippen molar-refractivity contribution in [3.8, 4) is 23.1 Å². The Labute approximate surface area is 282 Å². The van der Waals surface area contributed by atoms with E-state index in [4.69, 9.17) is 14.2 Å². The number of carbonyl (C=O) groups is 1. The van der Waals surface area contributed by atoms with Crippen molar-refractivity contribution in [2.24, 2.45) is 0 Å². The Bertz CT molecular complexity index is 1790. The van der Waals surface area contributed by atoms with Gasteiger partial charge in [0.1, 0.15) is 28.9 Å². The van der Waals surface area contributed by atoms with E-state index in [1.165, 1.54) is 6.07 Å². The number of piperazine rings is 1. The number of halogens is 2. The van der Waals surface area contributed by atoms with Gasteiger partial charge in [-0.05, 0) is 63.6 Å². The molecule has 5 heterocycles. The van der Waals surface area contributed by atoms with E-state index in [1.807, 2.05) is 6.07 Å². The van der Waals surface area contributed by atoms with Crippen molar-refractivity contribution in [3.05, 3.63) is 58.0 Å². The van der Waals surface area contributed by atoms with E-state index < -0.39 is 30.3 Å². The number of ether oxygens (including phenoxy) is 3. The van der Waals surface area contributed by atoms with Crippen LogP contribution in [-0.2, 0) is 9.47 Å². The highest BCUT2D eigenvalue weighted by molar-refractivity contribution is 5.70. The van der Waals surface area contributed by atoms with E-state index in [-0.39, 0.29) is 35.8 Å². The number of aromatic amines is 1. The Morgan fingerprint density at radius 3 is 2.53 bits per heavy atom. The van der Waals surface area contributed by atoms with Gasteiger partial charge in [0.05, 0.1) is 37.1 Å². The highest BCUT2D eigenvalue weighted by Gasteiger charge is 2.48. The van der Waals surface area contributed by atoms with Gasteiger partial charge < -0.3 is 34.3 Å². The number of nitriles is 1. The SMILES string of the molecule is Cc1cc(OC2CCN(C(=O)OC(C)(C)C)CC2(F)F)c(C#N)cc1-c1ccnc(Nc2ccc(N3CCN(C4COC4)CC3)c(=O)[nH]2)n1. The predicted octanol–water partition coefficient (Wildman–Crippen LogP) is 4.30. The van der Waals surface area contributed by atoms with Crippen LogP contribution in [0.5, 0.6) is 5.75 Å². The quantitative estimate of drug-likeness (QED) is 0.369. The van der Waals surface area contributed by atoms with Gasteiger partial charge in [0.15, 0.2) is 6.10 Å². The molecule has 49 heavy (non-hydrogen) atoms. The molecule has 0 radical (unpaired) electrons.